The third kappa shape index (κ3) is 4.73. The van der Waals surface area contributed by atoms with Crippen LogP contribution in [0, 0.1) is 10.1 Å². The summed E-state index contributed by atoms with van der Waals surface area (Å²) >= 11 is 0. The van der Waals surface area contributed by atoms with Crippen LogP contribution in [0.1, 0.15) is 23.2 Å². The number of amides is 1. The molecule has 2 aromatic rings. The highest BCUT2D eigenvalue weighted by Crippen LogP contribution is 2.25. The number of nitrogens with zero attached hydrogens (tertiary/aromatic N) is 1. The highest BCUT2D eigenvalue weighted by atomic mass is 16.6. The van der Waals surface area contributed by atoms with Crippen LogP contribution in [0.15, 0.2) is 42.5 Å². The molecule has 0 radical (unpaired) electrons. The summed E-state index contributed by atoms with van der Waals surface area (Å²) in [5.74, 6) is 0.237. The smallest absolute Gasteiger partial charge is 0.270 e. The van der Waals surface area contributed by atoms with Crippen LogP contribution in [0.4, 0.5) is 17.1 Å². The molecule has 1 atom stereocenters. The lowest BCUT2D eigenvalue weighted by Crippen LogP contribution is -2.21. The fourth-order valence-electron chi connectivity index (χ4n) is 2.89. The Balaban J connectivity index is 1.79. The maximum absolute atomic E-state index is 12.7. The zero-order chi connectivity index (χ0) is 19.2. The SMILES string of the molecule is COc1ccc(NC(=O)c2cc([N+](=O)[O-])ccc2NC[C@H]2CCCO2)cc1. The monoisotopic (exact) mass is 371 g/mol. The van der Waals surface area contributed by atoms with Crippen molar-refractivity contribution in [1.82, 2.24) is 0 Å². The highest BCUT2D eigenvalue weighted by molar-refractivity contribution is 6.08. The van der Waals surface area contributed by atoms with E-state index in [-0.39, 0.29) is 17.4 Å². The lowest BCUT2D eigenvalue weighted by molar-refractivity contribution is -0.384. The van der Waals surface area contributed by atoms with Crippen LogP contribution in [-0.2, 0) is 4.74 Å². The number of carbonyl (C=O) groups is 1. The van der Waals surface area contributed by atoms with Gasteiger partial charge in [-0.1, -0.05) is 0 Å². The number of rotatable bonds is 7. The second-order valence-corrected chi connectivity index (χ2v) is 6.19. The summed E-state index contributed by atoms with van der Waals surface area (Å²) in [6, 6.07) is 11.1. The molecule has 1 aliphatic heterocycles. The maximum Gasteiger partial charge on any atom is 0.270 e. The number of methoxy groups -OCH3 is 1. The van der Waals surface area contributed by atoms with E-state index in [9.17, 15) is 14.9 Å². The molecule has 0 bridgehead atoms. The first-order valence-corrected chi connectivity index (χ1v) is 8.66. The average Bonchev–Trinajstić information content (AvgIpc) is 3.20. The van der Waals surface area contributed by atoms with Crippen LogP contribution in [0.5, 0.6) is 5.75 Å². The molecule has 0 aromatic heterocycles. The van der Waals surface area contributed by atoms with Gasteiger partial charge in [-0.15, -0.1) is 0 Å². The molecule has 1 saturated heterocycles. The van der Waals surface area contributed by atoms with Gasteiger partial charge in [0, 0.05) is 36.7 Å². The summed E-state index contributed by atoms with van der Waals surface area (Å²) in [7, 11) is 1.56. The molecule has 8 heteroatoms. The summed E-state index contributed by atoms with van der Waals surface area (Å²) in [6.07, 6.45) is 2.04. The second-order valence-electron chi connectivity index (χ2n) is 6.19. The van der Waals surface area contributed by atoms with E-state index in [1.165, 1.54) is 12.1 Å². The summed E-state index contributed by atoms with van der Waals surface area (Å²) in [4.78, 5) is 23.3. The van der Waals surface area contributed by atoms with Crippen LogP contribution in [0.2, 0.25) is 0 Å². The molecule has 0 aliphatic carbocycles. The number of nitrogens with one attached hydrogen (secondary N) is 2. The number of non-ortho nitro benzene ring substituents is 1. The molecular formula is C19H21N3O5. The number of nitro benzene ring substituents is 1. The van der Waals surface area contributed by atoms with Gasteiger partial charge in [0.2, 0.25) is 0 Å². The molecule has 0 unspecified atom stereocenters. The molecular weight excluding hydrogens is 350 g/mol. The fraction of sp³-hybridized carbons (Fsp3) is 0.316. The van der Waals surface area contributed by atoms with E-state index in [2.05, 4.69) is 10.6 Å². The van der Waals surface area contributed by atoms with Crippen molar-refractivity contribution < 1.29 is 19.2 Å². The minimum atomic E-state index is -0.520. The molecule has 1 fully saturated rings. The first-order valence-electron chi connectivity index (χ1n) is 8.66. The van der Waals surface area contributed by atoms with Gasteiger partial charge in [0.05, 0.1) is 23.7 Å². The van der Waals surface area contributed by atoms with Gasteiger partial charge in [-0.05, 0) is 43.2 Å². The Labute approximate surface area is 156 Å². The first-order chi connectivity index (χ1) is 13.1. The molecule has 142 valence electrons. The lowest BCUT2D eigenvalue weighted by Gasteiger charge is -2.15. The van der Waals surface area contributed by atoms with Crippen molar-refractivity contribution in [3.05, 3.63) is 58.1 Å². The van der Waals surface area contributed by atoms with E-state index in [0.717, 1.165) is 19.4 Å². The Morgan fingerprint density at radius 3 is 2.70 bits per heavy atom. The van der Waals surface area contributed by atoms with Crippen LogP contribution in [-0.4, -0.2) is 37.2 Å². The number of hydrogen-bond acceptors (Lipinski definition) is 6. The predicted octanol–water partition coefficient (Wildman–Crippen LogP) is 3.45. The van der Waals surface area contributed by atoms with Crippen molar-refractivity contribution in [1.29, 1.82) is 0 Å². The van der Waals surface area contributed by atoms with Gasteiger partial charge in [-0.25, -0.2) is 0 Å². The Hall–Kier alpha value is -3.13. The molecule has 27 heavy (non-hydrogen) atoms. The van der Waals surface area contributed by atoms with Gasteiger partial charge < -0.3 is 20.1 Å². The molecule has 0 saturated carbocycles. The standard InChI is InChI=1S/C19H21N3O5/c1-26-15-7-4-13(5-8-15)21-19(23)17-11-14(22(24)25)6-9-18(17)20-12-16-3-2-10-27-16/h4-9,11,16,20H,2-3,10,12H2,1H3,(H,21,23)/t16-/m1/s1. The quantitative estimate of drug-likeness (QED) is 0.571. The predicted molar refractivity (Wildman–Crippen MR) is 102 cm³/mol. The summed E-state index contributed by atoms with van der Waals surface area (Å²) in [6.45, 7) is 1.28. The normalized spacial score (nSPS) is 16.0. The number of benzene rings is 2. The first kappa shape index (κ1) is 18.7. The lowest BCUT2D eigenvalue weighted by atomic mass is 10.1. The van der Waals surface area contributed by atoms with E-state index in [1.807, 2.05) is 0 Å². The van der Waals surface area contributed by atoms with Crippen LogP contribution in [0.3, 0.4) is 0 Å². The average molecular weight is 371 g/mol. The number of carbonyl (C=O) groups excluding carboxylic acids is 1. The molecule has 3 rings (SSSR count). The number of nitro groups is 1. The molecule has 8 nitrogen and oxygen atoms in total. The van der Waals surface area contributed by atoms with Crippen molar-refractivity contribution in [2.45, 2.75) is 18.9 Å². The van der Waals surface area contributed by atoms with Crippen molar-refractivity contribution in [3.63, 3.8) is 0 Å². The highest BCUT2D eigenvalue weighted by Gasteiger charge is 2.20. The van der Waals surface area contributed by atoms with E-state index in [0.29, 0.717) is 23.7 Å². The van der Waals surface area contributed by atoms with Crippen molar-refractivity contribution in [3.8, 4) is 5.75 Å². The zero-order valence-corrected chi connectivity index (χ0v) is 14.9. The molecule has 1 aliphatic rings. The van der Waals surface area contributed by atoms with Gasteiger partial charge in [-0.3, -0.25) is 14.9 Å². The third-order valence-electron chi connectivity index (χ3n) is 4.35. The fourth-order valence-corrected chi connectivity index (χ4v) is 2.89. The number of ether oxygens (including phenoxy) is 2. The van der Waals surface area contributed by atoms with Crippen molar-refractivity contribution in [2.24, 2.45) is 0 Å². The topological polar surface area (TPSA) is 103 Å². The number of hydrogen-bond donors (Lipinski definition) is 2. The molecule has 2 aromatic carbocycles. The van der Waals surface area contributed by atoms with Gasteiger partial charge >= 0.3 is 0 Å². The van der Waals surface area contributed by atoms with Crippen LogP contribution in [0.25, 0.3) is 0 Å². The van der Waals surface area contributed by atoms with Crippen LogP contribution >= 0.6 is 0 Å². The summed E-state index contributed by atoms with van der Waals surface area (Å²) < 4.78 is 10.7. The van der Waals surface area contributed by atoms with E-state index in [4.69, 9.17) is 9.47 Å². The summed E-state index contributed by atoms with van der Waals surface area (Å²) in [5.41, 5.74) is 1.16. The maximum atomic E-state index is 12.7. The molecule has 1 amide bonds. The van der Waals surface area contributed by atoms with Gasteiger partial charge in [0.1, 0.15) is 5.75 Å². The van der Waals surface area contributed by atoms with Gasteiger partial charge in [0.25, 0.3) is 11.6 Å². The zero-order valence-electron chi connectivity index (χ0n) is 14.9. The van der Waals surface area contributed by atoms with Gasteiger partial charge in [-0.2, -0.15) is 0 Å². The largest absolute Gasteiger partial charge is 0.497 e. The Kier molecular flexibility index (Phi) is 5.87. The molecule has 2 N–H and O–H groups in total. The third-order valence-corrected chi connectivity index (χ3v) is 4.35. The Bertz CT molecular complexity index is 817. The van der Waals surface area contributed by atoms with Crippen molar-refractivity contribution >= 4 is 23.0 Å². The summed E-state index contributed by atoms with van der Waals surface area (Å²) in [5, 5.41) is 17.0. The van der Waals surface area contributed by atoms with Gasteiger partial charge in [0.15, 0.2) is 0 Å². The minimum Gasteiger partial charge on any atom is -0.497 e. The molecule has 0 spiro atoms. The van der Waals surface area contributed by atoms with Crippen LogP contribution < -0.4 is 15.4 Å². The van der Waals surface area contributed by atoms with E-state index in [1.54, 1.807) is 37.4 Å². The molecule has 1 heterocycles. The van der Waals surface area contributed by atoms with E-state index < -0.39 is 10.8 Å². The number of anilines is 2. The Morgan fingerprint density at radius 2 is 2.07 bits per heavy atom. The Morgan fingerprint density at radius 1 is 1.30 bits per heavy atom. The van der Waals surface area contributed by atoms with E-state index >= 15 is 0 Å². The van der Waals surface area contributed by atoms with Crippen molar-refractivity contribution in [2.75, 3.05) is 30.9 Å². The second kappa shape index (κ2) is 8.50. The minimum absolute atomic E-state index is 0.0812.